The number of rotatable bonds is 5. The number of benzene rings is 2. The van der Waals surface area contributed by atoms with E-state index in [9.17, 15) is 9.59 Å². The maximum absolute atomic E-state index is 12.2. The van der Waals surface area contributed by atoms with E-state index in [2.05, 4.69) is 24.3 Å². The van der Waals surface area contributed by atoms with E-state index in [1.54, 1.807) is 12.3 Å². The highest BCUT2D eigenvalue weighted by molar-refractivity contribution is 5.92. The number of amides is 1. The van der Waals surface area contributed by atoms with Crippen LogP contribution in [0.4, 0.5) is 0 Å². The minimum atomic E-state index is -0.701. The van der Waals surface area contributed by atoms with E-state index >= 15 is 0 Å². The zero-order chi connectivity index (χ0) is 16.9. The van der Waals surface area contributed by atoms with Gasteiger partial charge in [0.25, 0.3) is 11.5 Å². The van der Waals surface area contributed by atoms with Gasteiger partial charge in [-0.3, -0.25) is 9.59 Å². The van der Waals surface area contributed by atoms with Gasteiger partial charge in [-0.15, -0.1) is 0 Å². The predicted octanol–water partition coefficient (Wildman–Crippen LogP) is 2.59. The second-order valence-corrected chi connectivity index (χ2v) is 5.70. The summed E-state index contributed by atoms with van der Waals surface area (Å²) >= 11 is 0. The van der Waals surface area contributed by atoms with Gasteiger partial charge >= 0.3 is 0 Å². The average molecular weight is 318 g/mol. The van der Waals surface area contributed by atoms with Crippen molar-refractivity contribution in [2.24, 2.45) is 5.73 Å². The van der Waals surface area contributed by atoms with Crippen molar-refractivity contribution < 1.29 is 4.79 Å². The molecular formula is C20H18N2O2. The van der Waals surface area contributed by atoms with Crippen LogP contribution in [0.3, 0.4) is 0 Å². The van der Waals surface area contributed by atoms with E-state index in [0.29, 0.717) is 6.54 Å². The fourth-order valence-electron chi connectivity index (χ4n) is 2.64. The third kappa shape index (κ3) is 3.60. The van der Waals surface area contributed by atoms with E-state index in [1.165, 1.54) is 21.8 Å². The van der Waals surface area contributed by atoms with Crippen LogP contribution in [0.5, 0.6) is 0 Å². The van der Waals surface area contributed by atoms with Crippen LogP contribution < -0.4 is 11.3 Å². The second-order valence-electron chi connectivity index (χ2n) is 5.70. The Morgan fingerprint density at radius 2 is 1.46 bits per heavy atom. The van der Waals surface area contributed by atoms with Crippen LogP contribution in [0.25, 0.3) is 0 Å². The summed E-state index contributed by atoms with van der Waals surface area (Å²) in [4.78, 5) is 23.4. The summed E-state index contributed by atoms with van der Waals surface area (Å²) in [5.41, 5.74) is 8.33. The standard InChI is InChI=1S/C20H18N2O2/c21-19(23)18-7-4-12-22(20(18)24)14-17-10-8-16(9-11-17)13-15-5-2-1-3-6-15/h1-12H,13-14H2,(H2,21,23). The molecule has 0 saturated heterocycles. The first-order valence-electron chi connectivity index (χ1n) is 7.74. The van der Waals surface area contributed by atoms with Crippen LogP contribution in [-0.2, 0) is 13.0 Å². The van der Waals surface area contributed by atoms with Crippen LogP contribution in [0.2, 0.25) is 0 Å². The lowest BCUT2D eigenvalue weighted by Crippen LogP contribution is -2.29. The average Bonchev–Trinajstić information content (AvgIpc) is 2.59. The molecule has 120 valence electrons. The van der Waals surface area contributed by atoms with Crippen molar-refractivity contribution in [3.63, 3.8) is 0 Å². The number of nitrogens with two attached hydrogens (primary N) is 1. The zero-order valence-corrected chi connectivity index (χ0v) is 13.2. The fraction of sp³-hybridized carbons (Fsp3) is 0.100. The molecule has 3 rings (SSSR count). The Hall–Kier alpha value is -3.14. The van der Waals surface area contributed by atoms with Crippen molar-refractivity contribution >= 4 is 5.91 Å². The molecule has 0 unspecified atom stereocenters. The van der Waals surface area contributed by atoms with Crippen molar-refractivity contribution in [2.45, 2.75) is 13.0 Å². The maximum Gasteiger partial charge on any atom is 0.263 e. The topological polar surface area (TPSA) is 65.1 Å². The molecule has 0 fully saturated rings. The minimum Gasteiger partial charge on any atom is -0.365 e. The number of primary amides is 1. The van der Waals surface area contributed by atoms with E-state index < -0.39 is 5.91 Å². The third-order valence-corrected chi connectivity index (χ3v) is 3.91. The van der Waals surface area contributed by atoms with Crippen LogP contribution in [0.1, 0.15) is 27.0 Å². The first-order chi connectivity index (χ1) is 11.6. The van der Waals surface area contributed by atoms with Gasteiger partial charge in [-0.05, 0) is 35.2 Å². The number of hydrogen-bond acceptors (Lipinski definition) is 2. The molecule has 1 amide bonds. The van der Waals surface area contributed by atoms with Crippen molar-refractivity contribution in [1.29, 1.82) is 0 Å². The summed E-state index contributed by atoms with van der Waals surface area (Å²) in [5, 5.41) is 0. The van der Waals surface area contributed by atoms with Gasteiger partial charge in [-0.25, -0.2) is 0 Å². The Labute approximate surface area is 140 Å². The van der Waals surface area contributed by atoms with Gasteiger partial charge in [0.1, 0.15) is 5.56 Å². The summed E-state index contributed by atoms with van der Waals surface area (Å²) in [6, 6.07) is 21.5. The SMILES string of the molecule is NC(=O)c1cccn(Cc2ccc(Cc3ccccc3)cc2)c1=O. The Bertz CT molecular complexity index is 897. The lowest BCUT2D eigenvalue weighted by Gasteiger charge is -2.08. The Kier molecular flexibility index (Phi) is 4.57. The lowest BCUT2D eigenvalue weighted by atomic mass is 10.0. The fourth-order valence-corrected chi connectivity index (χ4v) is 2.64. The molecule has 4 nitrogen and oxygen atoms in total. The van der Waals surface area contributed by atoms with Gasteiger partial charge in [0.05, 0.1) is 6.54 Å². The van der Waals surface area contributed by atoms with Crippen LogP contribution in [0.15, 0.2) is 77.7 Å². The molecule has 2 N–H and O–H groups in total. The summed E-state index contributed by atoms with van der Waals surface area (Å²) in [6.45, 7) is 0.408. The monoisotopic (exact) mass is 318 g/mol. The van der Waals surface area contributed by atoms with E-state index in [4.69, 9.17) is 5.73 Å². The van der Waals surface area contributed by atoms with Gasteiger partial charge in [-0.1, -0.05) is 54.6 Å². The Morgan fingerprint density at radius 3 is 2.12 bits per heavy atom. The number of carbonyl (C=O) groups excluding carboxylic acids is 1. The molecule has 0 bridgehead atoms. The van der Waals surface area contributed by atoms with Gasteiger partial charge in [0.15, 0.2) is 0 Å². The first-order valence-corrected chi connectivity index (χ1v) is 7.74. The van der Waals surface area contributed by atoms with Gasteiger partial charge in [-0.2, -0.15) is 0 Å². The molecule has 0 radical (unpaired) electrons. The molecular weight excluding hydrogens is 300 g/mol. The summed E-state index contributed by atoms with van der Waals surface area (Å²) in [5.74, 6) is -0.701. The molecule has 1 heterocycles. The quantitative estimate of drug-likeness (QED) is 0.786. The molecule has 4 heteroatoms. The summed E-state index contributed by atoms with van der Waals surface area (Å²) in [7, 11) is 0. The zero-order valence-electron chi connectivity index (χ0n) is 13.2. The van der Waals surface area contributed by atoms with E-state index in [0.717, 1.165) is 12.0 Å². The largest absolute Gasteiger partial charge is 0.365 e. The van der Waals surface area contributed by atoms with Crippen molar-refractivity contribution in [1.82, 2.24) is 4.57 Å². The lowest BCUT2D eigenvalue weighted by molar-refractivity contribution is 0.0998. The number of pyridine rings is 1. The highest BCUT2D eigenvalue weighted by Gasteiger charge is 2.08. The molecule has 1 aromatic heterocycles. The van der Waals surface area contributed by atoms with Gasteiger partial charge < -0.3 is 10.3 Å². The van der Waals surface area contributed by atoms with Gasteiger partial charge in [0.2, 0.25) is 0 Å². The molecule has 24 heavy (non-hydrogen) atoms. The van der Waals surface area contributed by atoms with Crippen LogP contribution in [-0.4, -0.2) is 10.5 Å². The molecule has 0 aliphatic carbocycles. The highest BCUT2D eigenvalue weighted by Crippen LogP contribution is 2.11. The smallest absolute Gasteiger partial charge is 0.263 e. The molecule has 0 spiro atoms. The van der Waals surface area contributed by atoms with E-state index in [-0.39, 0.29) is 11.1 Å². The second kappa shape index (κ2) is 6.96. The molecule has 0 aliphatic rings. The normalized spacial score (nSPS) is 10.5. The molecule has 3 aromatic rings. The molecule has 0 aliphatic heterocycles. The predicted molar refractivity (Wildman–Crippen MR) is 94.0 cm³/mol. The Balaban J connectivity index is 1.76. The van der Waals surface area contributed by atoms with Crippen LogP contribution >= 0.6 is 0 Å². The highest BCUT2D eigenvalue weighted by atomic mass is 16.2. The number of carbonyl (C=O) groups is 1. The third-order valence-electron chi connectivity index (χ3n) is 3.91. The van der Waals surface area contributed by atoms with Crippen molar-refractivity contribution in [3.8, 4) is 0 Å². The van der Waals surface area contributed by atoms with E-state index in [1.807, 2.05) is 30.3 Å². The first kappa shape index (κ1) is 15.7. The minimum absolute atomic E-state index is 0.0122. The molecule has 0 atom stereocenters. The van der Waals surface area contributed by atoms with Crippen molar-refractivity contribution in [2.75, 3.05) is 0 Å². The summed E-state index contributed by atoms with van der Waals surface area (Å²) < 4.78 is 1.49. The van der Waals surface area contributed by atoms with Gasteiger partial charge in [0, 0.05) is 6.20 Å². The summed E-state index contributed by atoms with van der Waals surface area (Å²) in [6.07, 6.45) is 2.53. The number of aromatic nitrogens is 1. The molecule has 0 saturated carbocycles. The number of nitrogens with zero attached hydrogens (tertiary/aromatic N) is 1. The maximum atomic E-state index is 12.2. The number of hydrogen-bond donors (Lipinski definition) is 1. The van der Waals surface area contributed by atoms with Crippen LogP contribution in [0, 0.1) is 0 Å². The Morgan fingerprint density at radius 1 is 0.833 bits per heavy atom. The van der Waals surface area contributed by atoms with Crippen molar-refractivity contribution in [3.05, 3.63) is 106 Å². The molecule has 2 aromatic carbocycles.